The lowest BCUT2D eigenvalue weighted by Gasteiger charge is -2.12. The highest BCUT2D eigenvalue weighted by Crippen LogP contribution is 2.38. The van der Waals surface area contributed by atoms with Crippen molar-refractivity contribution >= 4 is 23.1 Å². The first-order chi connectivity index (χ1) is 10.1. The molecule has 106 valence electrons. The predicted molar refractivity (Wildman–Crippen MR) is 84.4 cm³/mol. The van der Waals surface area contributed by atoms with Gasteiger partial charge in [0, 0.05) is 11.1 Å². The fourth-order valence-corrected chi connectivity index (χ4v) is 3.12. The minimum atomic E-state index is -0.886. The van der Waals surface area contributed by atoms with Crippen molar-refractivity contribution in [3.63, 3.8) is 0 Å². The summed E-state index contributed by atoms with van der Waals surface area (Å²) in [7, 11) is 0. The third-order valence-electron chi connectivity index (χ3n) is 3.91. The number of hydrogen-bond acceptors (Lipinski definition) is 1. The van der Waals surface area contributed by atoms with E-state index in [0.717, 1.165) is 29.0 Å². The maximum atomic E-state index is 11.1. The average Bonchev–Trinajstić information content (AvgIpc) is 2.79. The van der Waals surface area contributed by atoms with Crippen LogP contribution in [0.1, 0.15) is 16.7 Å². The first kappa shape index (κ1) is 13.9. The van der Waals surface area contributed by atoms with Crippen LogP contribution >= 0.6 is 11.6 Å². The molecule has 1 atom stereocenters. The summed E-state index contributed by atoms with van der Waals surface area (Å²) >= 11 is 5.91. The number of allylic oxidation sites excluding steroid dienone is 1. The second-order valence-corrected chi connectivity index (χ2v) is 5.76. The Bertz CT molecular complexity index is 701. The number of rotatable bonds is 3. The van der Waals surface area contributed by atoms with Gasteiger partial charge >= 0.3 is 5.97 Å². The van der Waals surface area contributed by atoms with Crippen molar-refractivity contribution in [1.82, 2.24) is 0 Å². The summed E-state index contributed by atoms with van der Waals surface area (Å²) < 4.78 is 0. The van der Waals surface area contributed by atoms with Crippen LogP contribution in [0.25, 0.3) is 5.57 Å². The van der Waals surface area contributed by atoms with Gasteiger partial charge in [0.15, 0.2) is 0 Å². The number of benzene rings is 2. The van der Waals surface area contributed by atoms with E-state index in [1.165, 1.54) is 17.2 Å². The van der Waals surface area contributed by atoms with Gasteiger partial charge in [-0.3, -0.25) is 0 Å². The number of aliphatic carboxylic acids is 1. The zero-order valence-corrected chi connectivity index (χ0v) is 12.2. The van der Waals surface area contributed by atoms with Gasteiger partial charge in [0.2, 0.25) is 0 Å². The van der Waals surface area contributed by atoms with Crippen LogP contribution in [0.2, 0.25) is 5.02 Å². The highest BCUT2D eigenvalue weighted by molar-refractivity contribution is 6.30. The zero-order valence-electron chi connectivity index (χ0n) is 11.4. The van der Waals surface area contributed by atoms with E-state index < -0.39 is 5.97 Å². The van der Waals surface area contributed by atoms with Crippen LogP contribution in [0.4, 0.5) is 0 Å². The van der Waals surface area contributed by atoms with E-state index in [9.17, 15) is 4.79 Å². The second kappa shape index (κ2) is 5.74. The molecular formula is C18H15ClO2. The summed E-state index contributed by atoms with van der Waals surface area (Å²) in [5.74, 6) is -0.678. The quantitative estimate of drug-likeness (QED) is 0.861. The molecule has 3 rings (SSSR count). The van der Waals surface area contributed by atoms with Crippen molar-refractivity contribution in [2.45, 2.75) is 12.8 Å². The average molecular weight is 299 g/mol. The first-order valence-corrected chi connectivity index (χ1v) is 7.28. The van der Waals surface area contributed by atoms with Gasteiger partial charge in [-0.05, 0) is 53.2 Å². The highest BCUT2D eigenvalue weighted by atomic mass is 35.5. The Morgan fingerprint density at radius 3 is 2.62 bits per heavy atom. The number of fused-ring (bicyclic) bond motifs is 1. The normalized spacial score (nSPS) is 18.7. The second-order valence-electron chi connectivity index (χ2n) is 5.33. The van der Waals surface area contributed by atoms with Gasteiger partial charge in [0.05, 0.1) is 0 Å². The molecule has 1 aliphatic rings. The van der Waals surface area contributed by atoms with Crippen LogP contribution in [0.5, 0.6) is 0 Å². The smallest absolute Gasteiger partial charge is 0.328 e. The van der Waals surface area contributed by atoms with Crippen molar-refractivity contribution in [2.75, 3.05) is 0 Å². The molecule has 0 bridgehead atoms. The van der Waals surface area contributed by atoms with Gasteiger partial charge in [-0.1, -0.05) is 48.0 Å². The zero-order chi connectivity index (χ0) is 14.8. The van der Waals surface area contributed by atoms with Crippen molar-refractivity contribution in [2.24, 2.45) is 5.92 Å². The Morgan fingerprint density at radius 2 is 1.90 bits per heavy atom. The first-order valence-electron chi connectivity index (χ1n) is 6.91. The fourth-order valence-electron chi connectivity index (χ4n) is 2.99. The van der Waals surface area contributed by atoms with Crippen LogP contribution < -0.4 is 0 Å². The molecule has 2 aromatic carbocycles. The van der Waals surface area contributed by atoms with Crippen LogP contribution in [-0.4, -0.2) is 11.1 Å². The summed E-state index contributed by atoms with van der Waals surface area (Å²) in [6, 6.07) is 15.8. The molecule has 2 nitrogen and oxygen atoms in total. The van der Waals surface area contributed by atoms with Gasteiger partial charge in [-0.15, -0.1) is 0 Å². The number of carbonyl (C=O) groups is 1. The van der Waals surface area contributed by atoms with E-state index in [1.54, 1.807) is 0 Å². The van der Waals surface area contributed by atoms with Gasteiger partial charge in [-0.25, -0.2) is 4.79 Å². The number of halogens is 1. The summed E-state index contributed by atoms with van der Waals surface area (Å²) in [6.45, 7) is 0. The lowest BCUT2D eigenvalue weighted by Crippen LogP contribution is -2.05. The lowest BCUT2D eigenvalue weighted by atomic mass is 9.92. The molecule has 0 fully saturated rings. The molecular weight excluding hydrogens is 284 g/mol. The Kier molecular flexibility index (Phi) is 3.80. The molecule has 0 heterocycles. The van der Waals surface area contributed by atoms with Crippen LogP contribution in [0.3, 0.4) is 0 Å². The van der Waals surface area contributed by atoms with E-state index in [1.807, 2.05) is 42.5 Å². The molecule has 3 heteroatoms. The Balaban J connectivity index is 1.92. The predicted octanol–water partition coefficient (Wildman–Crippen LogP) is 4.22. The summed E-state index contributed by atoms with van der Waals surface area (Å²) in [5, 5.41) is 9.84. The number of hydrogen-bond donors (Lipinski definition) is 1. The molecule has 2 aromatic rings. The minimum Gasteiger partial charge on any atom is -0.478 e. The van der Waals surface area contributed by atoms with E-state index in [-0.39, 0.29) is 5.92 Å². The van der Waals surface area contributed by atoms with E-state index in [4.69, 9.17) is 16.7 Å². The van der Waals surface area contributed by atoms with Gasteiger partial charge in [0.1, 0.15) is 0 Å². The van der Waals surface area contributed by atoms with Gasteiger partial charge in [-0.2, -0.15) is 0 Å². The lowest BCUT2D eigenvalue weighted by molar-refractivity contribution is -0.131. The molecule has 0 aromatic heterocycles. The molecule has 21 heavy (non-hydrogen) atoms. The topological polar surface area (TPSA) is 37.3 Å². The maximum Gasteiger partial charge on any atom is 0.328 e. The largest absolute Gasteiger partial charge is 0.478 e. The van der Waals surface area contributed by atoms with E-state index in [2.05, 4.69) is 6.07 Å². The minimum absolute atomic E-state index is 0.208. The maximum absolute atomic E-state index is 11.1. The Labute approximate surface area is 128 Å². The van der Waals surface area contributed by atoms with Crippen molar-refractivity contribution in [1.29, 1.82) is 0 Å². The molecule has 0 saturated carbocycles. The summed E-state index contributed by atoms with van der Waals surface area (Å²) in [5.41, 5.74) is 4.39. The SMILES string of the molecule is O=C(O)/C=C1/c2ccccc2CC1Cc1ccc(Cl)cc1. The molecule has 0 radical (unpaired) electrons. The van der Waals surface area contributed by atoms with Gasteiger partial charge < -0.3 is 5.11 Å². The molecule has 1 aliphatic carbocycles. The standard InChI is InChI=1S/C18H15ClO2/c19-15-7-5-12(6-8-15)9-14-10-13-3-1-2-4-16(13)17(14)11-18(20)21/h1-8,11,14H,9-10H2,(H,20,21)/b17-11+. The molecule has 0 saturated heterocycles. The molecule has 0 aliphatic heterocycles. The van der Waals surface area contributed by atoms with Crippen LogP contribution in [0, 0.1) is 5.92 Å². The van der Waals surface area contributed by atoms with Crippen molar-refractivity contribution < 1.29 is 9.90 Å². The van der Waals surface area contributed by atoms with Crippen LogP contribution in [0.15, 0.2) is 54.6 Å². The number of carboxylic acids is 1. The molecule has 0 amide bonds. The fraction of sp³-hybridized carbons (Fsp3) is 0.167. The third-order valence-corrected chi connectivity index (χ3v) is 4.16. The van der Waals surface area contributed by atoms with E-state index >= 15 is 0 Å². The summed E-state index contributed by atoms with van der Waals surface area (Å²) in [4.78, 5) is 11.1. The molecule has 0 spiro atoms. The number of carboxylic acid groups (broad SMARTS) is 1. The molecule has 1 N–H and O–H groups in total. The Hall–Kier alpha value is -2.06. The van der Waals surface area contributed by atoms with Gasteiger partial charge in [0.25, 0.3) is 0 Å². The Morgan fingerprint density at radius 1 is 1.19 bits per heavy atom. The third kappa shape index (κ3) is 3.01. The monoisotopic (exact) mass is 298 g/mol. The van der Waals surface area contributed by atoms with Crippen molar-refractivity contribution in [3.05, 3.63) is 76.3 Å². The van der Waals surface area contributed by atoms with E-state index in [0.29, 0.717) is 0 Å². The van der Waals surface area contributed by atoms with Crippen molar-refractivity contribution in [3.8, 4) is 0 Å². The molecule has 1 unspecified atom stereocenters. The highest BCUT2D eigenvalue weighted by Gasteiger charge is 2.27. The van der Waals surface area contributed by atoms with Crippen LogP contribution in [-0.2, 0) is 17.6 Å². The summed E-state index contributed by atoms with van der Waals surface area (Å²) in [6.07, 6.45) is 3.06.